The molecule has 0 aromatic heterocycles. The van der Waals surface area contributed by atoms with Crippen molar-refractivity contribution in [3.63, 3.8) is 0 Å². The Morgan fingerprint density at radius 2 is 1.64 bits per heavy atom. The molecule has 1 aliphatic carbocycles. The lowest BCUT2D eigenvalue weighted by Gasteiger charge is -2.13. The third-order valence-corrected chi connectivity index (χ3v) is 5.70. The molecule has 33 heavy (non-hydrogen) atoms. The highest BCUT2D eigenvalue weighted by atomic mass is 16.5. The minimum atomic E-state index is -0.966. The lowest BCUT2D eigenvalue weighted by molar-refractivity contribution is -0.149. The normalized spacial score (nSPS) is 14.8. The standard InChI is InChI=1S/C28H26O5/c1-2-32-27(28(30)31)17-19-11-13-21(14-12-19)33-16-15-24-22-8-4-3-7-20(22)18-26(29)25-10-6-5-9-23(24)25/h3-15,27H,2,16-18H2,1H3,(H,30,31). The van der Waals surface area contributed by atoms with Crippen LogP contribution in [0.2, 0.25) is 0 Å². The average molecular weight is 443 g/mol. The number of ether oxygens (including phenoxy) is 2. The summed E-state index contributed by atoms with van der Waals surface area (Å²) >= 11 is 0. The van der Waals surface area contributed by atoms with Gasteiger partial charge in [-0.05, 0) is 53.0 Å². The van der Waals surface area contributed by atoms with E-state index in [0.717, 1.165) is 33.4 Å². The number of benzene rings is 3. The molecule has 1 N–H and O–H groups in total. The van der Waals surface area contributed by atoms with Crippen molar-refractivity contribution in [2.75, 3.05) is 13.2 Å². The maximum atomic E-state index is 12.8. The highest BCUT2D eigenvalue weighted by Crippen LogP contribution is 2.33. The van der Waals surface area contributed by atoms with Gasteiger partial charge in [-0.15, -0.1) is 0 Å². The van der Waals surface area contributed by atoms with Crippen molar-refractivity contribution in [2.24, 2.45) is 0 Å². The maximum Gasteiger partial charge on any atom is 0.333 e. The molecule has 0 heterocycles. The van der Waals surface area contributed by atoms with Gasteiger partial charge in [0.15, 0.2) is 11.9 Å². The molecule has 0 saturated heterocycles. The average Bonchev–Trinajstić information content (AvgIpc) is 2.94. The number of aliphatic carboxylic acids is 1. The predicted octanol–water partition coefficient (Wildman–Crippen LogP) is 4.97. The summed E-state index contributed by atoms with van der Waals surface area (Å²) in [6.45, 7) is 2.47. The third-order valence-electron chi connectivity index (χ3n) is 5.70. The van der Waals surface area contributed by atoms with E-state index in [4.69, 9.17) is 9.47 Å². The van der Waals surface area contributed by atoms with Gasteiger partial charge in [-0.2, -0.15) is 0 Å². The van der Waals surface area contributed by atoms with Gasteiger partial charge in [0.25, 0.3) is 0 Å². The second kappa shape index (κ2) is 10.3. The van der Waals surface area contributed by atoms with Crippen molar-refractivity contribution in [1.82, 2.24) is 0 Å². The summed E-state index contributed by atoms with van der Waals surface area (Å²) in [4.78, 5) is 24.1. The van der Waals surface area contributed by atoms with Crippen LogP contribution >= 0.6 is 0 Å². The predicted molar refractivity (Wildman–Crippen MR) is 127 cm³/mol. The molecule has 0 spiro atoms. The fourth-order valence-electron chi connectivity index (χ4n) is 4.11. The molecular formula is C28H26O5. The van der Waals surface area contributed by atoms with Gasteiger partial charge >= 0.3 is 5.97 Å². The van der Waals surface area contributed by atoms with Crippen LogP contribution in [0, 0.1) is 0 Å². The minimum absolute atomic E-state index is 0.115. The molecule has 3 aromatic rings. The van der Waals surface area contributed by atoms with Crippen LogP contribution in [0.25, 0.3) is 5.57 Å². The number of carbonyl (C=O) groups is 2. The monoisotopic (exact) mass is 442 g/mol. The largest absolute Gasteiger partial charge is 0.490 e. The smallest absolute Gasteiger partial charge is 0.333 e. The zero-order valence-corrected chi connectivity index (χ0v) is 18.5. The van der Waals surface area contributed by atoms with Crippen LogP contribution in [-0.4, -0.2) is 36.2 Å². The van der Waals surface area contributed by atoms with Crippen LogP contribution in [0.4, 0.5) is 0 Å². The first kappa shape index (κ1) is 22.5. The Morgan fingerprint density at radius 3 is 2.33 bits per heavy atom. The van der Waals surface area contributed by atoms with E-state index in [1.807, 2.05) is 78.9 Å². The number of fused-ring (bicyclic) bond motifs is 2. The fourth-order valence-corrected chi connectivity index (χ4v) is 4.11. The van der Waals surface area contributed by atoms with E-state index < -0.39 is 12.1 Å². The summed E-state index contributed by atoms with van der Waals surface area (Å²) in [5.74, 6) is -0.166. The quantitative estimate of drug-likeness (QED) is 0.533. The fraction of sp³-hybridized carbons (Fsp3) is 0.214. The Morgan fingerprint density at radius 1 is 0.970 bits per heavy atom. The molecule has 0 fully saturated rings. The minimum Gasteiger partial charge on any atom is -0.490 e. The molecule has 0 amide bonds. The number of hydrogen-bond acceptors (Lipinski definition) is 4. The van der Waals surface area contributed by atoms with Crippen molar-refractivity contribution >= 4 is 17.3 Å². The SMILES string of the molecule is CCOC(Cc1ccc(OCC=C2c3ccccc3CC(=O)c3ccccc32)cc1)C(=O)O. The Bertz CT molecular complexity index is 1180. The van der Waals surface area contributed by atoms with E-state index in [1.165, 1.54) is 0 Å². The molecule has 5 heteroatoms. The summed E-state index contributed by atoms with van der Waals surface area (Å²) < 4.78 is 11.2. The molecule has 0 radical (unpaired) electrons. The summed E-state index contributed by atoms with van der Waals surface area (Å²) in [5.41, 5.74) is 5.56. The molecule has 3 aromatic carbocycles. The number of carboxylic acids is 1. The van der Waals surface area contributed by atoms with Crippen molar-refractivity contribution in [3.8, 4) is 5.75 Å². The second-order valence-corrected chi connectivity index (χ2v) is 7.86. The Labute approximate surface area is 193 Å². The molecule has 1 unspecified atom stereocenters. The maximum absolute atomic E-state index is 12.8. The molecule has 1 aliphatic rings. The lowest BCUT2D eigenvalue weighted by atomic mass is 9.94. The van der Waals surface area contributed by atoms with Crippen molar-refractivity contribution in [1.29, 1.82) is 0 Å². The van der Waals surface area contributed by atoms with Crippen molar-refractivity contribution in [2.45, 2.75) is 25.9 Å². The number of carbonyl (C=O) groups excluding carboxylic acids is 1. The lowest BCUT2D eigenvalue weighted by Crippen LogP contribution is -2.26. The number of hydrogen-bond donors (Lipinski definition) is 1. The third kappa shape index (κ3) is 5.21. The summed E-state index contributed by atoms with van der Waals surface area (Å²) in [5, 5.41) is 9.26. The van der Waals surface area contributed by atoms with Gasteiger partial charge in [-0.1, -0.05) is 60.7 Å². The molecule has 5 nitrogen and oxygen atoms in total. The topological polar surface area (TPSA) is 72.8 Å². The van der Waals surface area contributed by atoms with Crippen LogP contribution in [0.5, 0.6) is 5.75 Å². The van der Waals surface area contributed by atoms with Gasteiger partial charge < -0.3 is 14.6 Å². The molecule has 1 atom stereocenters. The summed E-state index contributed by atoms with van der Waals surface area (Å²) in [6.07, 6.45) is 1.84. The van der Waals surface area contributed by atoms with Crippen LogP contribution in [0.1, 0.15) is 39.5 Å². The van der Waals surface area contributed by atoms with E-state index in [2.05, 4.69) is 0 Å². The van der Waals surface area contributed by atoms with Crippen LogP contribution in [0.15, 0.2) is 78.9 Å². The van der Waals surface area contributed by atoms with E-state index in [0.29, 0.717) is 31.8 Å². The van der Waals surface area contributed by atoms with Crippen LogP contribution in [-0.2, 0) is 22.4 Å². The second-order valence-electron chi connectivity index (χ2n) is 7.86. The first-order valence-corrected chi connectivity index (χ1v) is 11.0. The molecule has 4 rings (SSSR count). The van der Waals surface area contributed by atoms with Crippen LogP contribution < -0.4 is 4.74 Å². The number of carboxylic acid groups (broad SMARTS) is 1. The number of Topliss-reactive ketones (excluding diaryl/α,β-unsaturated/α-hetero) is 1. The van der Waals surface area contributed by atoms with E-state index in [-0.39, 0.29) is 5.78 Å². The van der Waals surface area contributed by atoms with Gasteiger partial charge in [0.05, 0.1) is 0 Å². The van der Waals surface area contributed by atoms with E-state index in [9.17, 15) is 14.7 Å². The first-order valence-electron chi connectivity index (χ1n) is 11.0. The molecular weight excluding hydrogens is 416 g/mol. The van der Waals surface area contributed by atoms with Gasteiger partial charge in [-0.25, -0.2) is 4.79 Å². The highest BCUT2D eigenvalue weighted by molar-refractivity contribution is 6.06. The van der Waals surface area contributed by atoms with Crippen molar-refractivity contribution in [3.05, 3.63) is 107 Å². The van der Waals surface area contributed by atoms with Gasteiger partial charge in [0, 0.05) is 25.0 Å². The number of ketones is 1. The zero-order chi connectivity index (χ0) is 23.2. The Kier molecular flexibility index (Phi) is 7.01. The van der Waals surface area contributed by atoms with Gasteiger partial charge in [-0.3, -0.25) is 4.79 Å². The number of rotatable bonds is 8. The molecule has 0 aliphatic heterocycles. The van der Waals surface area contributed by atoms with Crippen molar-refractivity contribution < 1.29 is 24.2 Å². The first-order chi connectivity index (χ1) is 16.1. The van der Waals surface area contributed by atoms with Gasteiger partial charge in [0.2, 0.25) is 0 Å². The molecule has 0 bridgehead atoms. The highest BCUT2D eigenvalue weighted by Gasteiger charge is 2.22. The zero-order valence-electron chi connectivity index (χ0n) is 18.5. The van der Waals surface area contributed by atoms with E-state index in [1.54, 1.807) is 6.92 Å². The Balaban J connectivity index is 1.52. The molecule has 168 valence electrons. The Hall–Kier alpha value is -3.70. The molecule has 0 saturated carbocycles. The summed E-state index contributed by atoms with van der Waals surface area (Å²) in [7, 11) is 0. The summed E-state index contributed by atoms with van der Waals surface area (Å²) in [6, 6.07) is 23.0. The van der Waals surface area contributed by atoms with E-state index >= 15 is 0 Å². The van der Waals surface area contributed by atoms with Gasteiger partial charge in [0.1, 0.15) is 12.4 Å². The van der Waals surface area contributed by atoms with Crippen LogP contribution in [0.3, 0.4) is 0 Å².